The van der Waals surface area contributed by atoms with Crippen LogP contribution in [0, 0.1) is 0 Å². The summed E-state index contributed by atoms with van der Waals surface area (Å²) in [6.45, 7) is 1.71. The molecule has 2 aliphatic heterocycles. The number of thioether (sulfide) groups is 1. The molecule has 2 aliphatic rings. The van der Waals surface area contributed by atoms with Gasteiger partial charge in [-0.15, -0.1) is 11.8 Å². The van der Waals surface area contributed by atoms with E-state index in [0.29, 0.717) is 11.3 Å². The molecular formula is C16H16N2O4S. The van der Waals surface area contributed by atoms with E-state index in [4.69, 9.17) is 0 Å². The van der Waals surface area contributed by atoms with Gasteiger partial charge in [-0.25, -0.2) is 4.79 Å². The number of β-lactam (4-membered cyclic amide) rings is 1. The zero-order valence-corrected chi connectivity index (χ0v) is 13.3. The summed E-state index contributed by atoms with van der Waals surface area (Å²) in [6, 6.07) is 8.61. The molecule has 0 aromatic heterocycles. The minimum absolute atomic E-state index is 0.0484. The van der Waals surface area contributed by atoms with Gasteiger partial charge in [0.15, 0.2) is 0 Å². The number of fused-ring (bicyclic) bond motifs is 1. The van der Waals surface area contributed by atoms with Gasteiger partial charge in [0.25, 0.3) is 5.91 Å². The normalized spacial score (nSPS) is 23.2. The Morgan fingerprint density at radius 2 is 2.04 bits per heavy atom. The quantitative estimate of drug-likeness (QED) is 0.803. The van der Waals surface area contributed by atoms with E-state index in [0.717, 1.165) is 5.56 Å². The van der Waals surface area contributed by atoms with Crippen molar-refractivity contribution < 1.29 is 19.5 Å². The molecule has 2 amide bonds. The number of amides is 2. The Morgan fingerprint density at radius 3 is 2.70 bits per heavy atom. The molecule has 2 heterocycles. The van der Waals surface area contributed by atoms with Gasteiger partial charge in [-0.2, -0.15) is 0 Å². The number of nitrogens with zero attached hydrogens (tertiary/aromatic N) is 1. The molecule has 0 unspecified atom stereocenters. The Hall–Kier alpha value is -2.28. The van der Waals surface area contributed by atoms with Gasteiger partial charge in [-0.3, -0.25) is 14.5 Å². The molecule has 120 valence electrons. The lowest BCUT2D eigenvalue weighted by Gasteiger charge is -2.49. The second-order valence-electron chi connectivity index (χ2n) is 5.55. The topological polar surface area (TPSA) is 86.7 Å². The van der Waals surface area contributed by atoms with Crippen LogP contribution in [0.1, 0.15) is 12.5 Å². The third-order valence-electron chi connectivity index (χ3n) is 3.89. The van der Waals surface area contributed by atoms with Gasteiger partial charge in [0.1, 0.15) is 17.1 Å². The van der Waals surface area contributed by atoms with Crippen molar-refractivity contribution in [3.8, 4) is 0 Å². The Morgan fingerprint density at radius 1 is 1.35 bits per heavy atom. The van der Waals surface area contributed by atoms with Crippen LogP contribution in [0.3, 0.4) is 0 Å². The van der Waals surface area contributed by atoms with Crippen LogP contribution in [0.5, 0.6) is 0 Å². The number of carboxylic acids is 1. The van der Waals surface area contributed by atoms with Crippen LogP contribution in [0.2, 0.25) is 0 Å². The molecule has 3 rings (SSSR count). The Balaban J connectivity index is 1.67. The highest BCUT2D eigenvalue weighted by Gasteiger charge is 2.53. The first-order chi connectivity index (χ1) is 11.0. The number of nitrogens with one attached hydrogen (secondary N) is 1. The molecule has 1 aromatic rings. The molecular weight excluding hydrogens is 316 g/mol. The first-order valence-electron chi connectivity index (χ1n) is 7.20. The highest BCUT2D eigenvalue weighted by Crippen LogP contribution is 2.40. The molecule has 1 aromatic carbocycles. The van der Waals surface area contributed by atoms with E-state index in [9.17, 15) is 19.5 Å². The van der Waals surface area contributed by atoms with Crippen LogP contribution in [0.15, 0.2) is 41.6 Å². The summed E-state index contributed by atoms with van der Waals surface area (Å²) in [5, 5.41) is 11.6. The maximum atomic E-state index is 12.2. The van der Waals surface area contributed by atoms with Crippen molar-refractivity contribution in [3.05, 3.63) is 47.2 Å². The molecule has 2 atom stereocenters. The lowest BCUT2D eigenvalue weighted by atomic mass is 10.0. The van der Waals surface area contributed by atoms with E-state index < -0.39 is 12.0 Å². The van der Waals surface area contributed by atoms with E-state index in [1.165, 1.54) is 16.7 Å². The van der Waals surface area contributed by atoms with Crippen molar-refractivity contribution in [1.29, 1.82) is 0 Å². The number of carbonyl (C=O) groups excluding carboxylic acids is 2. The summed E-state index contributed by atoms with van der Waals surface area (Å²) in [4.78, 5) is 36.9. The molecule has 0 saturated carbocycles. The van der Waals surface area contributed by atoms with Crippen molar-refractivity contribution in [1.82, 2.24) is 10.2 Å². The van der Waals surface area contributed by atoms with Crippen LogP contribution in [-0.2, 0) is 20.8 Å². The number of benzene rings is 1. The number of carbonyl (C=O) groups is 3. The number of rotatable bonds is 4. The average molecular weight is 332 g/mol. The van der Waals surface area contributed by atoms with Crippen molar-refractivity contribution in [2.45, 2.75) is 24.8 Å². The highest BCUT2D eigenvalue weighted by molar-refractivity contribution is 8.00. The van der Waals surface area contributed by atoms with Gasteiger partial charge < -0.3 is 10.4 Å². The van der Waals surface area contributed by atoms with Gasteiger partial charge in [0.05, 0.1) is 6.42 Å². The molecule has 0 spiro atoms. The smallest absolute Gasteiger partial charge is 0.352 e. The van der Waals surface area contributed by atoms with Crippen LogP contribution >= 0.6 is 11.8 Å². The fraction of sp³-hybridized carbons (Fsp3) is 0.312. The van der Waals surface area contributed by atoms with Gasteiger partial charge in [0, 0.05) is 5.75 Å². The number of hydrogen-bond donors (Lipinski definition) is 2. The van der Waals surface area contributed by atoms with Crippen molar-refractivity contribution in [2.24, 2.45) is 0 Å². The zero-order chi connectivity index (χ0) is 16.6. The minimum Gasteiger partial charge on any atom is -0.477 e. The summed E-state index contributed by atoms with van der Waals surface area (Å²) in [5.74, 6) is -1.16. The average Bonchev–Trinajstić information content (AvgIpc) is 2.53. The summed E-state index contributed by atoms with van der Waals surface area (Å²) in [7, 11) is 0. The van der Waals surface area contributed by atoms with E-state index in [1.54, 1.807) is 6.92 Å². The summed E-state index contributed by atoms with van der Waals surface area (Å²) >= 11 is 1.47. The molecule has 0 radical (unpaired) electrons. The second-order valence-corrected chi connectivity index (χ2v) is 6.66. The van der Waals surface area contributed by atoms with Crippen LogP contribution in [0.25, 0.3) is 0 Å². The zero-order valence-electron chi connectivity index (χ0n) is 12.5. The monoisotopic (exact) mass is 332 g/mol. The van der Waals surface area contributed by atoms with Crippen molar-refractivity contribution in [3.63, 3.8) is 0 Å². The maximum absolute atomic E-state index is 12.2. The van der Waals surface area contributed by atoms with Gasteiger partial charge in [-0.1, -0.05) is 30.3 Å². The van der Waals surface area contributed by atoms with E-state index in [2.05, 4.69) is 5.32 Å². The second kappa shape index (κ2) is 6.08. The SMILES string of the molecule is CC1=C(C(=O)O)N2C(=O)[C@H](NC(=O)Cc3ccccc3)[C@H]2SC1. The largest absolute Gasteiger partial charge is 0.477 e. The molecule has 7 heteroatoms. The van der Waals surface area contributed by atoms with Crippen molar-refractivity contribution >= 4 is 29.5 Å². The fourth-order valence-electron chi connectivity index (χ4n) is 2.78. The van der Waals surface area contributed by atoms with E-state index in [-0.39, 0.29) is 29.3 Å². The molecule has 1 fully saturated rings. The summed E-state index contributed by atoms with van der Waals surface area (Å²) < 4.78 is 0. The van der Waals surface area contributed by atoms with Crippen LogP contribution in [0.4, 0.5) is 0 Å². The van der Waals surface area contributed by atoms with Gasteiger partial charge >= 0.3 is 5.97 Å². The molecule has 1 saturated heterocycles. The standard InChI is InChI=1S/C16H16N2O4S/c1-9-8-23-15-12(14(20)18(15)13(9)16(21)22)17-11(19)7-10-5-3-2-4-6-10/h2-6,12,15H,7-8H2,1H3,(H,17,19)(H,21,22)/t12-,15+/m0/s1. The maximum Gasteiger partial charge on any atom is 0.352 e. The number of aliphatic carboxylic acids is 1. The molecule has 0 bridgehead atoms. The first-order valence-corrected chi connectivity index (χ1v) is 8.25. The van der Waals surface area contributed by atoms with Crippen LogP contribution in [-0.4, -0.2) is 45.0 Å². The number of carboxylic acid groups (broad SMARTS) is 1. The number of hydrogen-bond acceptors (Lipinski definition) is 4. The summed E-state index contributed by atoms with van der Waals surface area (Å²) in [6.07, 6.45) is 0.197. The third-order valence-corrected chi connectivity index (χ3v) is 5.31. The lowest BCUT2D eigenvalue weighted by Crippen LogP contribution is -2.70. The highest BCUT2D eigenvalue weighted by atomic mass is 32.2. The van der Waals surface area contributed by atoms with E-state index in [1.807, 2.05) is 30.3 Å². The predicted octanol–water partition coefficient (Wildman–Crippen LogP) is 0.988. The molecule has 6 nitrogen and oxygen atoms in total. The van der Waals surface area contributed by atoms with Gasteiger partial charge in [0.2, 0.25) is 5.91 Å². The molecule has 0 aliphatic carbocycles. The van der Waals surface area contributed by atoms with E-state index >= 15 is 0 Å². The summed E-state index contributed by atoms with van der Waals surface area (Å²) in [5.41, 5.74) is 1.58. The molecule has 2 N–H and O–H groups in total. The Labute approximate surface area is 137 Å². The fourth-order valence-corrected chi connectivity index (χ4v) is 4.07. The minimum atomic E-state index is -1.10. The first kappa shape index (κ1) is 15.6. The van der Waals surface area contributed by atoms with Crippen LogP contribution < -0.4 is 5.32 Å². The Kier molecular flexibility index (Phi) is 4.12. The lowest BCUT2D eigenvalue weighted by molar-refractivity contribution is -0.150. The van der Waals surface area contributed by atoms with Gasteiger partial charge in [-0.05, 0) is 18.1 Å². The third kappa shape index (κ3) is 2.84. The van der Waals surface area contributed by atoms with Crippen molar-refractivity contribution in [2.75, 3.05) is 5.75 Å². The Bertz CT molecular complexity index is 701. The predicted molar refractivity (Wildman–Crippen MR) is 85.5 cm³/mol. The molecule has 23 heavy (non-hydrogen) atoms.